The molecule has 2 heterocycles. The van der Waals surface area contributed by atoms with E-state index in [-0.39, 0.29) is 17.2 Å². The molecule has 2 aromatic rings. The number of amides is 2. The molecule has 0 atom stereocenters. The summed E-state index contributed by atoms with van der Waals surface area (Å²) < 4.78 is 5.49. The molecule has 1 aliphatic carbocycles. The van der Waals surface area contributed by atoms with Crippen molar-refractivity contribution in [3.63, 3.8) is 0 Å². The highest BCUT2D eigenvalue weighted by molar-refractivity contribution is 6.32. The van der Waals surface area contributed by atoms with E-state index in [1.807, 2.05) is 41.3 Å². The molecule has 2 amide bonds. The molecule has 1 aromatic carbocycles. The molecular weight excluding hydrogens is 450 g/mol. The van der Waals surface area contributed by atoms with Crippen LogP contribution in [0, 0.1) is 11.3 Å². The van der Waals surface area contributed by atoms with Gasteiger partial charge in [-0.15, -0.1) is 0 Å². The fourth-order valence-electron chi connectivity index (χ4n) is 5.33. The van der Waals surface area contributed by atoms with Crippen LogP contribution in [-0.4, -0.2) is 54.0 Å². The summed E-state index contributed by atoms with van der Waals surface area (Å²) in [6.45, 7) is 1.92. The standard InChI is InChI=1S/C27H34ClN3O3/c1-30(2)25(32)23-12-11-22(29-24(23)28)10-6-9-21-17-27(18-21)13-15-31(16-14-27)26(33)34-19-20-7-4-3-5-8-20/h3-5,7-8,11-12,21H,6,9-10,13-19H2,1-2H3. The van der Waals surface area contributed by atoms with Crippen LogP contribution in [0.1, 0.15) is 60.1 Å². The molecule has 1 aromatic heterocycles. The fraction of sp³-hybridized carbons (Fsp3) is 0.519. The smallest absolute Gasteiger partial charge is 0.410 e. The van der Waals surface area contributed by atoms with Gasteiger partial charge in [0.05, 0.1) is 5.56 Å². The van der Waals surface area contributed by atoms with Crippen LogP contribution in [0.25, 0.3) is 0 Å². The molecular formula is C27H34ClN3O3. The van der Waals surface area contributed by atoms with E-state index in [0.29, 0.717) is 17.6 Å². The molecule has 0 unspecified atom stereocenters. The normalized spacial score (nSPS) is 17.3. The minimum Gasteiger partial charge on any atom is -0.445 e. The largest absolute Gasteiger partial charge is 0.445 e. The monoisotopic (exact) mass is 483 g/mol. The van der Waals surface area contributed by atoms with Gasteiger partial charge in [-0.2, -0.15) is 0 Å². The lowest BCUT2D eigenvalue weighted by molar-refractivity contribution is -0.0172. The zero-order valence-electron chi connectivity index (χ0n) is 20.1. The Morgan fingerprint density at radius 1 is 1.12 bits per heavy atom. The second-order valence-electron chi connectivity index (χ2n) is 10.0. The van der Waals surface area contributed by atoms with Crippen molar-refractivity contribution >= 4 is 23.6 Å². The lowest BCUT2D eigenvalue weighted by Crippen LogP contribution is -2.48. The molecule has 1 aliphatic heterocycles. The third-order valence-electron chi connectivity index (χ3n) is 7.32. The molecule has 2 fully saturated rings. The topological polar surface area (TPSA) is 62.7 Å². The third kappa shape index (κ3) is 5.90. The van der Waals surface area contributed by atoms with Gasteiger partial charge in [0.2, 0.25) is 0 Å². The van der Waals surface area contributed by atoms with Gasteiger partial charge in [0.15, 0.2) is 0 Å². The number of halogens is 1. The number of carbonyl (C=O) groups is 2. The number of pyridine rings is 1. The van der Waals surface area contributed by atoms with Crippen LogP contribution in [0.2, 0.25) is 5.15 Å². The summed E-state index contributed by atoms with van der Waals surface area (Å²) in [4.78, 5) is 32.3. The Morgan fingerprint density at radius 2 is 1.82 bits per heavy atom. The second kappa shape index (κ2) is 10.8. The number of benzene rings is 1. The number of carbonyl (C=O) groups excluding carboxylic acids is 2. The summed E-state index contributed by atoms with van der Waals surface area (Å²) in [6, 6.07) is 13.5. The Balaban J connectivity index is 1.14. The fourth-order valence-corrected chi connectivity index (χ4v) is 5.59. The Morgan fingerprint density at radius 3 is 2.47 bits per heavy atom. The summed E-state index contributed by atoms with van der Waals surface area (Å²) in [5, 5.41) is 0.285. The van der Waals surface area contributed by atoms with E-state index in [9.17, 15) is 9.59 Å². The Labute approximate surface area is 207 Å². The molecule has 0 N–H and O–H groups in total. The number of ether oxygens (including phenoxy) is 1. The maximum Gasteiger partial charge on any atom is 0.410 e. The van der Waals surface area contributed by atoms with E-state index < -0.39 is 0 Å². The average molecular weight is 484 g/mol. The number of rotatable bonds is 7. The zero-order chi connectivity index (χ0) is 24.1. The van der Waals surface area contributed by atoms with Crippen molar-refractivity contribution < 1.29 is 14.3 Å². The first-order chi connectivity index (χ1) is 16.3. The van der Waals surface area contributed by atoms with Gasteiger partial charge in [0.25, 0.3) is 5.91 Å². The molecule has 2 aliphatic rings. The SMILES string of the molecule is CN(C)C(=O)c1ccc(CCCC2CC3(CCN(C(=O)OCc4ccccc4)CC3)C2)nc1Cl. The molecule has 4 rings (SSSR count). The van der Waals surface area contributed by atoms with Gasteiger partial charge in [-0.05, 0) is 67.6 Å². The lowest BCUT2D eigenvalue weighted by Gasteiger charge is -2.52. The minimum absolute atomic E-state index is 0.126. The first kappa shape index (κ1) is 24.5. The van der Waals surface area contributed by atoms with E-state index in [0.717, 1.165) is 55.9 Å². The first-order valence-electron chi connectivity index (χ1n) is 12.2. The van der Waals surface area contributed by atoms with Gasteiger partial charge in [-0.1, -0.05) is 48.4 Å². The number of likely N-dealkylation sites (tertiary alicyclic amines) is 1. The van der Waals surface area contributed by atoms with Gasteiger partial charge >= 0.3 is 6.09 Å². The van der Waals surface area contributed by atoms with Crippen molar-refractivity contribution in [1.82, 2.24) is 14.8 Å². The van der Waals surface area contributed by atoms with E-state index >= 15 is 0 Å². The maximum atomic E-state index is 12.4. The second-order valence-corrected chi connectivity index (χ2v) is 10.4. The molecule has 34 heavy (non-hydrogen) atoms. The Hall–Kier alpha value is -2.60. The van der Waals surface area contributed by atoms with Crippen LogP contribution in [0.4, 0.5) is 4.79 Å². The Kier molecular flexibility index (Phi) is 7.77. The predicted molar refractivity (Wildman–Crippen MR) is 133 cm³/mol. The molecule has 1 spiro atoms. The van der Waals surface area contributed by atoms with Crippen LogP contribution in [0.3, 0.4) is 0 Å². The first-order valence-corrected chi connectivity index (χ1v) is 12.6. The third-order valence-corrected chi connectivity index (χ3v) is 7.61. The maximum absolute atomic E-state index is 12.4. The van der Waals surface area contributed by atoms with Gasteiger partial charge < -0.3 is 14.5 Å². The zero-order valence-corrected chi connectivity index (χ0v) is 20.9. The van der Waals surface area contributed by atoms with Crippen molar-refractivity contribution in [3.8, 4) is 0 Å². The summed E-state index contributed by atoms with van der Waals surface area (Å²) >= 11 is 6.24. The summed E-state index contributed by atoms with van der Waals surface area (Å²) in [5.41, 5.74) is 2.82. The van der Waals surface area contributed by atoms with Crippen molar-refractivity contribution in [1.29, 1.82) is 0 Å². The van der Waals surface area contributed by atoms with Crippen LogP contribution in [-0.2, 0) is 17.8 Å². The predicted octanol–water partition coefficient (Wildman–Crippen LogP) is 5.59. The van der Waals surface area contributed by atoms with Gasteiger partial charge in [-0.3, -0.25) is 4.79 Å². The highest BCUT2D eigenvalue weighted by Crippen LogP contribution is 2.54. The summed E-state index contributed by atoms with van der Waals surface area (Å²) in [5.74, 6) is 0.626. The van der Waals surface area contributed by atoms with E-state index in [2.05, 4.69) is 4.98 Å². The molecule has 0 bridgehead atoms. The van der Waals surface area contributed by atoms with Gasteiger partial charge in [-0.25, -0.2) is 9.78 Å². The van der Waals surface area contributed by atoms with Crippen molar-refractivity contribution in [2.24, 2.45) is 11.3 Å². The van der Waals surface area contributed by atoms with Crippen LogP contribution in [0.15, 0.2) is 42.5 Å². The molecule has 7 heteroatoms. The van der Waals surface area contributed by atoms with E-state index in [1.54, 1.807) is 20.2 Å². The lowest BCUT2D eigenvalue weighted by atomic mass is 9.56. The van der Waals surface area contributed by atoms with E-state index in [1.165, 1.54) is 24.2 Å². The highest BCUT2D eigenvalue weighted by atomic mass is 35.5. The number of aryl methyl sites for hydroxylation is 1. The number of hydrogen-bond acceptors (Lipinski definition) is 4. The number of aromatic nitrogens is 1. The summed E-state index contributed by atoms with van der Waals surface area (Å²) in [7, 11) is 3.42. The van der Waals surface area contributed by atoms with Crippen molar-refractivity contribution in [2.45, 2.75) is 51.6 Å². The minimum atomic E-state index is -0.195. The van der Waals surface area contributed by atoms with Crippen molar-refractivity contribution in [2.75, 3.05) is 27.2 Å². The average Bonchev–Trinajstić information content (AvgIpc) is 2.82. The summed E-state index contributed by atoms with van der Waals surface area (Å²) in [6.07, 6.45) is 7.59. The van der Waals surface area contributed by atoms with Crippen molar-refractivity contribution in [3.05, 3.63) is 64.4 Å². The molecule has 1 saturated heterocycles. The van der Waals surface area contributed by atoms with Crippen LogP contribution >= 0.6 is 11.6 Å². The molecule has 6 nitrogen and oxygen atoms in total. The number of hydrogen-bond donors (Lipinski definition) is 0. The highest BCUT2D eigenvalue weighted by Gasteiger charge is 2.45. The van der Waals surface area contributed by atoms with Crippen LogP contribution < -0.4 is 0 Å². The number of nitrogens with zero attached hydrogens (tertiary/aromatic N) is 3. The van der Waals surface area contributed by atoms with Gasteiger partial charge in [0, 0.05) is 32.9 Å². The molecule has 0 radical (unpaired) electrons. The quantitative estimate of drug-likeness (QED) is 0.481. The molecule has 182 valence electrons. The van der Waals surface area contributed by atoms with Crippen LogP contribution in [0.5, 0.6) is 0 Å². The molecule has 1 saturated carbocycles. The van der Waals surface area contributed by atoms with Gasteiger partial charge in [0.1, 0.15) is 11.8 Å². The van der Waals surface area contributed by atoms with E-state index in [4.69, 9.17) is 16.3 Å². The number of piperidine rings is 1. The Bertz CT molecular complexity index is 995.